The summed E-state index contributed by atoms with van der Waals surface area (Å²) in [5.74, 6) is 0.0868. The first-order valence-electron chi connectivity index (χ1n) is 15.6. The van der Waals surface area contributed by atoms with Crippen LogP contribution in [-0.2, 0) is 32.0 Å². The highest BCUT2D eigenvalue weighted by atomic mass is 19.4. The van der Waals surface area contributed by atoms with Crippen LogP contribution in [0.15, 0.2) is 47.6 Å². The highest BCUT2D eigenvalue weighted by molar-refractivity contribution is 6.26. The van der Waals surface area contributed by atoms with Gasteiger partial charge in [0.05, 0.1) is 50.1 Å². The summed E-state index contributed by atoms with van der Waals surface area (Å²) in [7, 11) is 4.67. The molecule has 2 aromatic rings. The predicted octanol–water partition coefficient (Wildman–Crippen LogP) is 6.87. The lowest BCUT2D eigenvalue weighted by Crippen LogP contribution is -2.52. The Morgan fingerprint density at radius 3 is 2.14 bits per heavy atom. The number of hydrogen-bond donors (Lipinski definition) is 0. The van der Waals surface area contributed by atoms with E-state index in [1.54, 1.807) is 6.07 Å². The van der Waals surface area contributed by atoms with Crippen molar-refractivity contribution in [2.45, 2.75) is 69.8 Å². The average Bonchev–Trinajstić information content (AvgIpc) is 3.28. The second kappa shape index (κ2) is 13.2. The standard InChI is InChI=1S/C34H38F6N4O5/c1-19-29(20-12-22(33(35,36)37)14-23(13-20)34(38,39)40)49-31(46)44(19)18-26-25(17-42(4)30(41-26)43-10-7-11-43)24-15-21(8-9-27(24)47-5)32(2,3)16-28(45)48-6/h8-9,12-15,17,19,29-30H,7,10-11,16,18H2,1-6H3. The summed E-state index contributed by atoms with van der Waals surface area (Å²) in [6.45, 7) is 6.71. The fourth-order valence-electron chi connectivity index (χ4n) is 6.25. The Morgan fingerprint density at radius 1 is 0.980 bits per heavy atom. The number of halogens is 6. The van der Waals surface area contributed by atoms with Crippen molar-refractivity contribution >= 4 is 23.3 Å². The summed E-state index contributed by atoms with van der Waals surface area (Å²) >= 11 is 0. The molecule has 0 aliphatic carbocycles. The van der Waals surface area contributed by atoms with Crippen molar-refractivity contribution in [2.75, 3.05) is 40.9 Å². The molecule has 5 rings (SSSR count). The number of carbonyl (C=O) groups excluding carboxylic acids is 2. The number of carbonyl (C=O) groups is 2. The van der Waals surface area contributed by atoms with Gasteiger partial charge in [-0.3, -0.25) is 14.6 Å². The Kier molecular flexibility index (Phi) is 9.71. The summed E-state index contributed by atoms with van der Waals surface area (Å²) < 4.78 is 98.0. The van der Waals surface area contributed by atoms with E-state index in [4.69, 9.17) is 19.2 Å². The number of aliphatic imine (C=N–C) groups is 1. The predicted molar refractivity (Wildman–Crippen MR) is 168 cm³/mol. The number of esters is 1. The van der Waals surface area contributed by atoms with E-state index < -0.39 is 65.0 Å². The van der Waals surface area contributed by atoms with E-state index in [2.05, 4.69) is 4.90 Å². The van der Waals surface area contributed by atoms with E-state index in [9.17, 15) is 35.9 Å². The molecule has 3 aliphatic rings. The van der Waals surface area contributed by atoms with Gasteiger partial charge in [0.15, 0.2) is 6.29 Å². The minimum atomic E-state index is -5.06. The molecule has 2 fully saturated rings. The van der Waals surface area contributed by atoms with Gasteiger partial charge in [0.1, 0.15) is 11.9 Å². The number of alkyl halides is 6. The summed E-state index contributed by atoms with van der Waals surface area (Å²) in [5, 5.41) is 0. The monoisotopic (exact) mass is 696 g/mol. The van der Waals surface area contributed by atoms with Crippen LogP contribution in [-0.4, -0.2) is 85.7 Å². The van der Waals surface area contributed by atoms with E-state index in [0.29, 0.717) is 34.7 Å². The maximum Gasteiger partial charge on any atom is 0.416 e. The first kappa shape index (κ1) is 36.0. The zero-order valence-corrected chi connectivity index (χ0v) is 27.9. The third-order valence-corrected chi connectivity index (χ3v) is 9.23. The molecule has 0 bridgehead atoms. The van der Waals surface area contributed by atoms with Gasteiger partial charge >= 0.3 is 24.4 Å². The molecule has 0 radical (unpaired) electrons. The zero-order chi connectivity index (χ0) is 36.1. The number of likely N-dealkylation sites (tertiary alicyclic amines) is 1. The number of methoxy groups -OCH3 is 2. The molecule has 1 amide bonds. The number of ether oxygens (including phenoxy) is 3. The van der Waals surface area contributed by atoms with Crippen molar-refractivity contribution < 1.29 is 50.1 Å². The molecule has 0 aromatic heterocycles. The van der Waals surface area contributed by atoms with Crippen molar-refractivity contribution in [1.82, 2.24) is 14.7 Å². The normalized spacial score (nSPS) is 22.0. The number of benzene rings is 2. The average molecular weight is 697 g/mol. The molecule has 3 aliphatic heterocycles. The molecular weight excluding hydrogens is 658 g/mol. The molecule has 15 heteroatoms. The maximum atomic E-state index is 13.6. The van der Waals surface area contributed by atoms with Gasteiger partial charge in [0, 0.05) is 42.9 Å². The fraction of sp³-hybridized carbons (Fsp3) is 0.500. The Bertz CT molecular complexity index is 1630. The van der Waals surface area contributed by atoms with E-state index in [1.165, 1.54) is 26.0 Å². The van der Waals surface area contributed by atoms with Crippen molar-refractivity contribution in [3.05, 3.63) is 70.4 Å². The largest absolute Gasteiger partial charge is 0.496 e. The fourth-order valence-corrected chi connectivity index (χ4v) is 6.25. The lowest BCUT2D eigenvalue weighted by molar-refractivity contribution is -0.144. The summed E-state index contributed by atoms with van der Waals surface area (Å²) in [6.07, 6.45) is -9.93. The zero-order valence-electron chi connectivity index (χ0n) is 27.9. The number of nitrogens with zero attached hydrogens (tertiary/aromatic N) is 4. The third kappa shape index (κ3) is 7.36. The maximum absolute atomic E-state index is 13.6. The van der Waals surface area contributed by atoms with Crippen LogP contribution in [0, 0.1) is 0 Å². The molecule has 9 nitrogen and oxygen atoms in total. The molecule has 0 saturated carbocycles. The topological polar surface area (TPSA) is 83.9 Å². The Morgan fingerprint density at radius 2 is 1.61 bits per heavy atom. The van der Waals surface area contributed by atoms with Gasteiger partial charge < -0.3 is 19.1 Å². The van der Waals surface area contributed by atoms with Gasteiger partial charge in [-0.05, 0) is 54.8 Å². The Hall–Kier alpha value is -4.27. The second-order valence-corrected chi connectivity index (χ2v) is 13.1. The smallest absolute Gasteiger partial charge is 0.416 e. The van der Waals surface area contributed by atoms with Crippen molar-refractivity contribution in [3.8, 4) is 5.75 Å². The molecule has 49 heavy (non-hydrogen) atoms. The van der Waals surface area contributed by atoms with Crippen LogP contribution < -0.4 is 4.74 Å². The van der Waals surface area contributed by atoms with Crippen LogP contribution in [0.3, 0.4) is 0 Å². The molecule has 0 spiro atoms. The van der Waals surface area contributed by atoms with E-state index in [1.807, 2.05) is 44.1 Å². The quantitative estimate of drug-likeness (QED) is 0.209. The highest BCUT2D eigenvalue weighted by Crippen LogP contribution is 2.42. The minimum absolute atomic E-state index is 0.0386. The first-order valence-corrected chi connectivity index (χ1v) is 15.6. The van der Waals surface area contributed by atoms with Crippen LogP contribution in [0.2, 0.25) is 0 Å². The van der Waals surface area contributed by atoms with E-state index in [-0.39, 0.29) is 19.0 Å². The van der Waals surface area contributed by atoms with Crippen LogP contribution >= 0.6 is 0 Å². The first-order chi connectivity index (χ1) is 22.8. The lowest BCUT2D eigenvalue weighted by Gasteiger charge is -2.43. The third-order valence-electron chi connectivity index (χ3n) is 9.23. The van der Waals surface area contributed by atoms with Crippen LogP contribution in [0.5, 0.6) is 5.75 Å². The Labute approximate surface area is 280 Å². The summed E-state index contributed by atoms with van der Waals surface area (Å²) in [6, 6.07) is 5.71. The van der Waals surface area contributed by atoms with Crippen molar-refractivity contribution in [3.63, 3.8) is 0 Å². The minimum Gasteiger partial charge on any atom is -0.496 e. The van der Waals surface area contributed by atoms with Gasteiger partial charge in [0.25, 0.3) is 0 Å². The van der Waals surface area contributed by atoms with Crippen LogP contribution in [0.25, 0.3) is 5.57 Å². The van der Waals surface area contributed by atoms with E-state index in [0.717, 1.165) is 25.1 Å². The molecule has 3 unspecified atom stereocenters. The van der Waals surface area contributed by atoms with Crippen LogP contribution in [0.1, 0.15) is 67.5 Å². The van der Waals surface area contributed by atoms with Gasteiger partial charge in [-0.15, -0.1) is 0 Å². The molecule has 0 N–H and O–H groups in total. The lowest BCUT2D eigenvalue weighted by atomic mass is 9.80. The van der Waals surface area contributed by atoms with Crippen LogP contribution in [0.4, 0.5) is 31.1 Å². The molecule has 3 heterocycles. The summed E-state index contributed by atoms with van der Waals surface area (Å²) in [4.78, 5) is 35.8. The SMILES string of the molecule is COC(=O)CC(C)(C)c1ccc(OC)c(C2=CN(C)C(N3CCC3)N=C2CN2C(=O)OC(c3cc(C(F)(F)F)cc(C(F)(F)F)c3)C2C)c1. The molecule has 3 atom stereocenters. The van der Waals surface area contributed by atoms with E-state index >= 15 is 0 Å². The molecule has 266 valence electrons. The second-order valence-electron chi connectivity index (χ2n) is 13.1. The van der Waals surface area contributed by atoms with Gasteiger partial charge in [-0.2, -0.15) is 26.3 Å². The number of cyclic esters (lactones) is 1. The number of amides is 1. The number of hydrogen-bond acceptors (Lipinski definition) is 8. The van der Waals surface area contributed by atoms with Gasteiger partial charge in [-0.25, -0.2) is 9.79 Å². The molecule has 2 aromatic carbocycles. The Balaban J connectivity index is 1.54. The molecule has 2 saturated heterocycles. The van der Waals surface area contributed by atoms with Crippen molar-refractivity contribution in [1.29, 1.82) is 0 Å². The molecular formula is C34H38F6N4O5. The van der Waals surface area contributed by atoms with Crippen molar-refractivity contribution in [2.24, 2.45) is 4.99 Å². The summed E-state index contributed by atoms with van der Waals surface area (Å²) in [5.41, 5.74) is -1.66. The highest BCUT2D eigenvalue weighted by Gasteiger charge is 2.44. The number of rotatable bonds is 9. The van der Waals surface area contributed by atoms with Gasteiger partial charge in [-0.1, -0.05) is 19.9 Å². The van der Waals surface area contributed by atoms with Gasteiger partial charge in [0.2, 0.25) is 0 Å².